The second-order valence-corrected chi connectivity index (χ2v) is 6.13. The van der Waals surface area contributed by atoms with E-state index in [0.717, 1.165) is 24.1 Å². The predicted molar refractivity (Wildman–Crippen MR) is 109 cm³/mol. The molecule has 138 valence electrons. The van der Waals surface area contributed by atoms with Crippen molar-refractivity contribution in [1.29, 1.82) is 0 Å². The van der Waals surface area contributed by atoms with Crippen LogP contribution in [0.2, 0.25) is 0 Å². The first kappa shape index (κ1) is 21.5. The standard InChI is InChI=1S/C18H20N4OS.CH4O/c1-12-9-13(2)11-15(10-12)21-18-19-7-5-16(22-18)17(24-4)20-14(3)6-8-23;1-2/h5-11H,1-4H3,(H,19,21,22);2H,1H3/b14-6+,20-17?;. The van der Waals surface area contributed by atoms with Crippen molar-refractivity contribution in [2.24, 2.45) is 4.99 Å². The van der Waals surface area contributed by atoms with Crippen LogP contribution in [0.1, 0.15) is 23.7 Å². The number of carbonyl (C=O) groups is 1. The predicted octanol–water partition coefficient (Wildman–Crippen LogP) is 3.66. The molecule has 2 aromatic rings. The Bertz CT molecular complexity index is 784. The van der Waals surface area contributed by atoms with Crippen LogP contribution in [0.5, 0.6) is 0 Å². The normalized spacial score (nSPS) is 11.5. The van der Waals surface area contributed by atoms with Crippen LogP contribution in [0.4, 0.5) is 11.6 Å². The number of aliphatic hydroxyl groups excluding tert-OH is 1. The smallest absolute Gasteiger partial charge is 0.227 e. The number of aliphatic imine (C=N–C) groups is 1. The van der Waals surface area contributed by atoms with Gasteiger partial charge in [-0.2, -0.15) is 0 Å². The molecule has 6 nitrogen and oxygen atoms in total. The van der Waals surface area contributed by atoms with E-state index in [9.17, 15) is 4.79 Å². The molecule has 1 aromatic heterocycles. The van der Waals surface area contributed by atoms with E-state index in [1.165, 1.54) is 29.0 Å². The minimum Gasteiger partial charge on any atom is -0.400 e. The molecule has 0 saturated heterocycles. The summed E-state index contributed by atoms with van der Waals surface area (Å²) in [4.78, 5) is 23.8. The summed E-state index contributed by atoms with van der Waals surface area (Å²) in [6.07, 6.45) is 5.76. The van der Waals surface area contributed by atoms with Gasteiger partial charge < -0.3 is 10.4 Å². The minimum absolute atomic E-state index is 0.510. The van der Waals surface area contributed by atoms with Gasteiger partial charge in [0.15, 0.2) is 0 Å². The molecule has 0 saturated carbocycles. The first-order valence-corrected chi connectivity index (χ1v) is 9.12. The quantitative estimate of drug-likeness (QED) is 0.360. The lowest BCUT2D eigenvalue weighted by Crippen LogP contribution is -2.04. The van der Waals surface area contributed by atoms with Gasteiger partial charge in [0.25, 0.3) is 0 Å². The molecule has 0 atom stereocenters. The summed E-state index contributed by atoms with van der Waals surface area (Å²) in [5.41, 5.74) is 4.65. The number of aromatic nitrogens is 2. The third kappa shape index (κ3) is 6.78. The monoisotopic (exact) mass is 372 g/mol. The number of aliphatic hydroxyl groups is 1. The van der Waals surface area contributed by atoms with Crippen LogP contribution in [-0.2, 0) is 4.79 Å². The fourth-order valence-corrected chi connectivity index (χ4v) is 2.78. The molecule has 0 radical (unpaired) electrons. The maximum Gasteiger partial charge on any atom is 0.227 e. The summed E-state index contributed by atoms with van der Waals surface area (Å²) < 4.78 is 0. The van der Waals surface area contributed by atoms with Gasteiger partial charge in [0.1, 0.15) is 17.0 Å². The number of thioether (sulfide) groups is 1. The van der Waals surface area contributed by atoms with E-state index in [2.05, 4.69) is 40.2 Å². The van der Waals surface area contributed by atoms with Crippen LogP contribution in [0.15, 0.2) is 47.2 Å². The summed E-state index contributed by atoms with van der Waals surface area (Å²) >= 11 is 1.47. The maximum absolute atomic E-state index is 10.5. The third-order valence-corrected chi connectivity index (χ3v) is 3.82. The number of anilines is 2. The first-order valence-electron chi connectivity index (χ1n) is 7.90. The topological polar surface area (TPSA) is 87.5 Å². The Morgan fingerprint density at radius 3 is 2.46 bits per heavy atom. The Kier molecular flexibility index (Phi) is 9.25. The third-order valence-electron chi connectivity index (χ3n) is 3.13. The number of allylic oxidation sites excluding steroid dienone is 2. The summed E-state index contributed by atoms with van der Waals surface area (Å²) in [7, 11) is 1.00. The highest BCUT2D eigenvalue weighted by Gasteiger charge is 2.07. The van der Waals surface area contributed by atoms with Gasteiger partial charge in [-0.05, 0) is 62.4 Å². The lowest BCUT2D eigenvalue weighted by atomic mass is 10.1. The number of benzene rings is 1. The highest BCUT2D eigenvalue weighted by Crippen LogP contribution is 2.18. The molecule has 1 aromatic carbocycles. The number of hydrogen-bond acceptors (Lipinski definition) is 7. The lowest BCUT2D eigenvalue weighted by Gasteiger charge is -2.09. The summed E-state index contributed by atoms with van der Waals surface area (Å²) in [5, 5.41) is 11.0. The van der Waals surface area contributed by atoms with Crippen molar-refractivity contribution in [2.75, 3.05) is 18.7 Å². The lowest BCUT2D eigenvalue weighted by molar-refractivity contribution is -0.104. The fraction of sp³-hybridized carbons (Fsp3) is 0.263. The van der Waals surface area contributed by atoms with E-state index in [1.807, 2.05) is 18.4 Å². The zero-order valence-electron chi connectivity index (χ0n) is 15.6. The van der Waals surface area contributed by atoms with Crippen LogP contribution >= 0.6 is 11.8 Å². The largest absolute Gasteiger partial charge is 0.400 e. The second kappa shape index (κ2) is 11.2. The summed E-state index contributed by atoms with van der Waals surface area (Å²) in [6.45, 7) is 5.88. The maximum atomic E-state index is 10.5. The molecule has 2 rings (SSSR count). The van der Waals surface area contributed by atoms with Crippen LogP contribution in [0.25, 0.3) is 0 Å². The van der Waals surface area contributed by atoms with Crippen LogP contribution in [0, 0.1) is 13.8 Å². The van der Waals surface area contributed by atoms with Crippen molar-refractivity contribution in [3.63, 3.8) is 0 Å². The first-order chi connectivity index (χ1) is 12.5. The molecule has 0 aliphatic heterocycles. The van der Waals surface area contributed by atoms with Gasteiger partial charge in [0.05, 0.1) is 0 Å². The zero-order chi connectivity index (χ0) is 19.5. The average molecular weight is 372 g/mol. The highest BCUT2D eigenvalue weighted by molar-refractivity contribution is 8.13. The van der Waals surface area contributed by atoms with E-state index < -0.39 is 0 Å². The highest BCUT2D eigenvalue weighted by atomic mass is 32.2. The molecule has 2 N–H and O–H groups in total. The number of rotatable bonds is 5. The fourth-order valence-electron chi connectivity index (χ4n) is 2.22. The molecule has 0 aliphatic rings. The Morgan fingerprint density at radius 1 is 1.23 bits per heavy atom. The molecule has 0 amide bonds. The van der Waals surface area contributed by atoms with E-state index in [1.54, 1.807) is 19.2 Å². The molecule has 0 bridgehead atoms. The molecule has 26 heavy (non-hydrogen) atoms. The second-order valence-electron chi connectivity index (χ2n) is 5.33. The van der Waals surface area contributed by atoms with Crippen molar-refractivity contribution < 1.29 is 9.90 Å². The average Bonchev–Trinajstić information content (AvgIpc) is 2.61. The molecule has 1 heterocycles. The Morgan fingerprint density at radius 2 is 1.88 bits per heavy atom. The van der Waals surface area contributed by atoms with Gasteiger partial charge in [-0.15, -0.1) is 11.8 Å². The van der Waals surface area contributed by atoms with Gasteiger partial charge in [-0.1, -0.05) is 6.07 Å². The van der Waals surface area contributed by atoms with Crippen LogP contribution < -0.4 is 5.32 Å². The molecule has 7 heteroatoms. The van der Waals surface area contributed by atoms with Gasteiger partial charge in [-0.3, -0.25) is 4.79 Å². The number of aryl methyl sites for hydroxylation is 2. The number of carbonyl (C=O) groups excluding carboxylic acids is 1. The number of nitrogens with zero attached hydrogens (tertiary/aromatic N) is 3. The van der Waals surface area contributed by atoms with Crippen molar-refractivity contribution in [3.8, 4) is 0 Å². The van der Waals surface area contributed by atoms with Crippen LogP contribution in [-0.4, -0.2) is 39.8 Å². The van der Waals surface area contributed by atoms with Crippen molar-refractivity contribution in [1.82, 2.24) is 9.97 Å². The molecule has 0 fully saturated rings. The van der Waals surface area contributed by atoms with Gasteiger partial charge in [0.2, 0.25) is 5.95 Å². The van der Waals surface area contributed by atoms with Gasteiger partial charge in [0, 0.05) is 24.7 Å². The zero-order valence-corrected chi connectivity index (χ0v) is 16.5. The number of aldehydes is 1. The van der Waals surface area contributed by atoms with Gasteiger partial charge in [-0.25, -0.2) is 15.0 Å². The molecule has 0 spiro atoms. The Balaban J connectivity index is 0.00000163. The SMILES string of the molecule is CO.CSC(=N/C(C)=C/C=O)c1ccnc(Nc2cc(C)cc(C)c2)n1. The molecular formula is C19H24N4O2S. The molecular weight excluding hydrogens is 348 g/mol. The molecule has 0 aliphatic carbocycles. The van der Waals surface area contributed by atoms with Crippen molar-refractivity contribution in [3.05, 3.63) is 59.1 Å². The van der Waals surface area contributed by atoms with Crippen molar-refractivity contribution in [2.45, 2.75) is 20.8 Å². The Labute approximate surface area is 158 Å². The number of hydrogen-bond donors (Lipinski definition) is 2. The van der Waals surface area contributed by atoms with E-state index in [0.29, 0.717) is 17.3 Å². The van der Waals surface area contributed by atoms with Crippen LogP contribution in [0.3, 0.4) is 0 Å². The summed E-state index contributed by atoms with van der Waals surface area (Å²) in [5.74, 6) is 0.510. The Hall–Kier alpha value is -2.51. The molecule has 0 unspecified atom stereocenters. The van der Waals surface area contributed by atoms with E-state index in [4.69, 9.17) is 5.11 Å². The number of nitrogens with one attached hydrogen (secondary N) is 1. The van der Waals surface area contributed by atoms with Crippen molar-refractivity contribution >= 4 is 34.7 Å². The minimum atomic E-state index is 0.510. The summed E-state index contributed by atoms with van der Waals surface area (Å²) in [6, 6.07) is 8.01. The van der Waals surface area contributed by atoms with E-state index >= 15 is 0 Å². The van der Waals surface area contributed by atoms with Gasteiger partial charge >= 0.3 is 0 Å². The van der Waals surface area contributed by atoms with E-state index in [-0.39, 0.29) is 0 Å².